The molecule has 1 saturated heterocycles. The quantitative estimate of drug-likeness (QED) is 0.805. The van der Waals surface area contributed by atoms with Crippen LogP contribution in [0.3, 0.4) is 0 Å². The molecule has 1 aliphatic heterocycles. The molecule has 1 aromatic heterocycles. The Labute approximate surface area is 148 Å². The van der Waals surface area contributed by atoms with Crippen LogP contribution in [0.15, 0.2) is 39.8 Å². The van der Waals surface area contributed by atoms with Gasteiger partial charge in [-0.2, -0.15) is 4.31 Å². The summed E-state index contributed by atoms with van der Waals surface area (Å²) in [7, 11) is -1.93. The van der Waals surface area contributed by atoms with Gasteiger partial charge in [0.2, 0.25) is 10.0 Å². The summed E-state index contributed by atoms with van der Waals surface area (Å²) in [6, 6.07) is 8.44. The minimum atomic E-state index is -3.49. The molecule has 7 nitrogen and oxygen atoms in total. The summed E-state index contributed by atoms with van der Waals surface area (Å²) in [6.07, 6.45) is 0.780. The maximum absolute atomic E-state index is 12.8. The van der Waals surface area contributed by atoms with Gasteiger partial charge >= 0.3 is 0 Å². The standard InChI is InChI=1S/C17H23N3O4S/c1-14-12-16(24-18-14)13-19-8-3-9-20(11-10-19)25(21,22)17-6-4-15(23-2)5-7-17/h4-7,12H,3,8-11,13H2,1-2H3. The first-order chi connectivity index (χ1) is 12.0. The fourth-order valence-electron chi connectivity index (χ4n) is 2.95. The van der Waals surface area contributed by atoms with Gasteiger partial charge in [0.15, 0.2) is 5.76 Å². The molecule has 1 fully saturated rings. The lowest BCUT2D eigenvalue weighted by molar-refractivity contribution is 0.240. The summed E-state index contributed by atoms with van der Waals surface area (Å²) < 4.78 is 37.6. The fourth-order valence-corrected chi connectivity index (χ4v) is 4.42. The third-order valence-electron chi connectivity index (χ3n) is 4.30. The second-order valence-electron chi connectivity index (χ2n) is 6.14. The molecule has 25 heavy (non-hydrogen) atoms. The zero-order chi connectivity index (χ0) is 17.9. The van der Waals surface area contributed by atoms with Crippen LogP contribution in [-0.2, 0) is 16.6 Å². The van der Waals surface area contributed by atoms with Crippen molar-refractivity contribution >= 4 is 10.0 Å². The molecule has 3 rings (SSSR count). The van der Waals surface area contributed by atoms with Gasteiger partial charge in [0.05, 0.1) is 24.2 Å². The van der Waals surface area contributed by atoms with Gasteiger partial charge < -0.3 is 9.26 Å². The van der Waals surface area contributed by atoms with Gasteiger partial charge in [0, 0.05) is 25.7 Å². The summed E-state index contributed by atoms with van der Waals surface area (Å²) in [5.74, 6) is 1.45. The zero-order valence-corrected chi connectivity index (χ0v) is 15.3. The monoisotopic (exact) mass is 365 g/mol. The van der Waals surface area contributed by atoms with Crippen molar-refractivity contribution in [1.29, 1.82) is 0 Å². The van der Waals surface area contributed by atoms with Crippen LogP contribution < -0.4 is 4.74 Å². The number of methoxy groups -OCH3 is 1. The Kier molecular flexibility index (Phi) is 5.41. The predicted octanol–water partition coefficient (Wildman–Crippen LogP) is 1.89. The van der Waals surface area contributed by atoms with Crippen molar-refractivity contribution in [3.63, 3.8) is 0 Å². The highest BCUT2D eigenvalue weighted by molar-refractivity contribution is 7.89. The van der Waals surface area contributed by atoms with Crippen molar-refractivity contribution in [2.75, 3.05) is 33.3 Å². The Bertz CT molecular complexity index is 802. The number of hydrogen-bond acceptors (Lipinski definition) is 6. The van der Waals surface area contributed by atoms with Crippen LogP contribution in [-0.4, -0.2) is 56.1 Å². The number of aromatic nitrogens is 1. The number of sulfonamides is 1. The van der Waals surface area contributed by atoms with Gasteiger partial charge in [-0.3, -0.25) is 4.90 Å². The summed E-state index contributed by atoms with van der Waals surface area (Å²) in [5, 5.41) is 3.90. The molecule has 0 atom stereocenters. The van der Waals surface area contributed by atoms with Gasteiger partial charge in [0.25, 0.3) is 0 Å². The summed E-state index contributed by atoms with van der Waals surface area (Å²) in [6.45, 7) is 5.00. The van der Waals surface area contributed by atoms with Crippen molar-refractivity contribution < 1.29 is 17.7 Å². The Balaban J connectivity index is 1.66. The smallest absolute Gasteiger partial charge is 0.243 e. The number of rotatable bonds is 5. The van der Waals surface area contributed by atoms with Gasteiger partial charge in [0.1, 0.15) is 5.75 Å². The maximum atomic E-state index is 12.8. The average Bonchev–Trinajstić information content (AvgIpc) is 2.87. The van der Waals surface area contributed by atoms with E-state index in [4.69, 9.17) is 9.26 Å². The first-order valence-corrected chi connectivity index (χ1v) is 9.72. The Morgan fingerprint density at radius 3 is 2.56 bits per heavy atom. The van der Waals surface area contributed by atoms with E-state index in [9.17, 15) is 8.42 Å². The van der Waals surface area contributed by atoms with Crippen LogP contribution in [0.2, 0.25) is 0 Å². The van der Waals surface area contributed by atoms with Crippen LogP contribution in [0.25, 0.3) is 0 Å². The topological polar surface area (TPSA) is 75.9 Å². The second-order valence-corrected chi connectivity index (χ2v) is 8.08. The molecule has 2 aromatic rings. The molecule has 0 amide bonds. The van der Waals surface area contributed by atoms with Gasteiger partial charge in [-0.05, 0) is 44.2 Å². The number of benzene rings is 1. The van der Waals surface area contributed by atoms with Crippen molar-refractivity contribution in [2.45, 2.75) is 24.8 Å². The number of hydrogen-bond donors (Lipinski definition) is 0. The molecular weight excluding hydrogens is 342 g/mol. The SMILES string of the molecule is COc1ccc(S(=O)(=O)N2CCCN(Cc3cc(C)no3)CC2)cc1. The van der Waals surface area contributed by atoms with E-state index in [0.717, 1.165) is 24.4 Å². The van der Waals surface area contributed by atoms with Crippen LogP contribution >= 0.6 is 0 Å². The maximum Gasteiger partial charge on any atom is 0.243 e. The Morgan fingerprint density at radius 2 is 1.92 bits per heavy atom. The van der Waals surface area contributed by atoms with Crippen molar-refractivity contribution in [2.24, 2.45) is 0 Å². The first kappa shape index (κ1) is 17.9. The highest BCUT2D eigenvalue weighted by atomic mass is 32.2. The summed E-state index contributed by atoms with van der Waals surface area (Å²) in [5.41, 5.74) is 0.855. The second kappa shape index (κ2) is 7.55. The average molecular weight is 365 g/mol. The number of aryl methyl sites for hydroxylation is 1. The van der Waals surface area contributed by atoms with E-state index < -0.39 is 10.0 Å². The van der Waals surface area contributed by atoms with E-state index in [-0.39, 0.29) is 0 Å². The molecule has 0 unspecified atom stereocenters. The Hall–Kier alpha value is -1.90. The molecule has 0 N–H and O–H groups in total. The highest BCUT2D eigenvalue weighted by Gasteiger charge is 2.27. The molecule has 136 valence electrons. The normalized spacial score (nSPS) is 17.4. The fraction of sp³-hybridized carbons (Fsp3) is 0.471. The molecule has 0 spiro atoms. The van der Waals surface area contributed by atoms with Crippen molar-refractivity contribution in [1.82, 2.24) is 14.4 Å². The van der Waals surface area contributed by atoms with E-state index >= 15 is 0 Å². The lowest BCUT2D eigenvalue weighted by Gasteiger charge is -2.21. The van der Waals surface area contributed by atoms with Gasteiger partial charge in [-0.1, -0.05) is 5.16 Å². The van der Waals surface area contributed by atoms with E-state index in [2.05, 4.69) is 10.1 Å². The lowest BCUT2D eigenvalue weighted by Crippen LogP contribution is -2.35. The Morgan fingerprint density at radius 1 is 1.16 bits per heavy atom. The lowest BCUT2D eigenvalue weighted by atomic mass is 10.3. The van der Waals surface area contributed by atoms with Crippen LogP contribution in [0.4, 0.5) is 0 Å². The minimum Gasteiger partial charge on any atom is -0.497 e. The summed E-state index contributed by atoms with van der Waals surface area (Å²) in [4.78, 5) is 2.50. The predicted molar refractivity (Wildman–Crippen MR) is 92.9 cm³/mol. The van der Waals surface area contributed by atoms with E-state index in [1.54, 1.807) is 35.7 Å². The minimum absolute atomic E-state index is 0.299. The van der Waals surface area contributed by atoms with Crippen molar-refractivity contribution in [3.8, 4) is 5.75 Å². The van der Waals surface area contributed by atoms with Gasteiger partial charge in [-0.25, -0.2) is 8.42 Å². The molecule has 0 aliphatic carbocycles. The molecule has 0 bridgehead atoms. The molecule has 1 aliphatic rings. The zero-order valence-electron chi connectivity index (χ0n) is 14.5. The molecule has 0 saturated carbocycles. The van der Waals surface area contributed by atoms with Crippen molar-refractivity contribution in [3.05, 3.63) is 41.8 Å². The molecule has 0 radical (unpaired) electrons. The van der Waals surface area contributed by atoms with E-state index in [1.807, 2.05) is 13.0 Å². The number of nitrogens with zero attached hydrogens (tertiary/aromatic N) is 3. The third kappa shape index (κ3) is 4.20. The number of ether oxygens (including phenoxy) is 1. The molecular formula is C17H23N3O4S. The molecule has 1 aromatic carbocycles. The first-order valence-electron chi connectivity index (χ1n) is 8.28. The highest BCUT2D eigenvalue weighted by Crippen LogP contribution is 2.21. The van der Waals surface area contributed by atoms with Gasteiger partial charge in [-0.15, -0.1) is 0 Å². The largest absolute Gasteiger partial charge is 0.497 e. The van der Waals surface area contributed by atoms with Crippen LogP contribution in [0, 0.1) is 6.92 Å². The van der Waals surface area contributed by atoms with E-state index in [0.29, 0.717) is 36.8 Å². The third-order valence-corrected chi connectivity index (χ3v) is 6.21. The van der Waals surface area contributed by atoms with Crippen LogP contribution in [0.5, 0.6) is 5.75 Å². The summed E-state index contributed by atoms with van der Waals surface area (Å²) >= 11 is 0. The van der Waals surface area contributed by atoms with Crippen LogP contribution in [0.1, 0.15) is 17.9 Å². The van der Waals surface area contributed by atoms with E-state index in [1.165, 1.54) is 0 Å². The molecule has 8 heteroatoms. The molecule has 2 heterocycles.